The predicted molar refractivity (Wildman–Crippen MR) is 12.6 cm³/mol. The molecule has 0 fully saturated rings. The average molecular weight is 185 g/mol. The van der Waals surface area contributed by atoms with Crippen molar-refractivity contribution < 1.29 is 63.5 Å². The summed E-state index contributed by atoms with van der Waals surface area (Å²) in [4.78, 5) is 8.25. The van der Waals surface area contributed by atoms with E-state index in [0.717, 1.165) is 0 Å². The second kappa shape index (κ2) is 7.44. The third kappa shape index (κ3) is 4110. The first-order chi connectivity index (χ1) is 3.73. The fraction of sp³-hybridized carbons (Fsp3) is 0. The zero-order valence-electron chi connectivity index (χ0n) is 4.72. The van der Waals surface area contributed by atoms with Gasteiger partial charge in [-0.1, -0.05) is 0 Å². The van der Waals surface area contributed by atoms with Gasteiger partial charge in [0.1, 0.15) is 0 Å². The van der Waals surface area contributed by atoms with Crippen molar-refractivity contribution in [3.8, 4) is 0 Å². The maximum absolute atomic E-state index is 8.60. The molecule has 0 aliphatic carbocycles. The van der Waals surface area contributed by atoms with E-state index in [4.69, 9.17) is 34.0 Å². The maximum atomic E-state index is 8.60. The molecule has 1 N–H and O–H groups in total. The van der Waals surface area contributed by atoms with E-state index in [0.29, 0.717) is 0 Å². The monoisotopic (exact) mass is 185 g/mol. The first kappa shape index (κ1) is 16.7. The maximum Gasteiger partial charge on any atom is 1.00 e. The van der Waals surface area contributed by atoms with Crippen molar-refractivity contribution in [3.63, 3.8) is 0 Å². The SMILES string of the molecule is O=[N+]([O-])[O-].[Na+].[O-][Cl+3]([O-])([O-])O. The van der Waals surface area contributed by atoms with Gasteiger partial charge in [0.05, 0.1) is 20.0 Å². The molecule has 0 aliphatic rings. The van der Waals surface area contributed by atoms with Gasteiger partial charge in [0.15, 0.2) is 0 Å². The number of nitrogens with zero attached hydrogens (tertiary/aromatic N) is 1. The Kier molecular flexibility index (Phi) is 12.4. The molecule has 56 valence electrons. The van der Waals surface area contributed by atoms with Crippen molar-refractivity contribution in [3.05, 3.63) is 15.3 Å². The minimum absolute atomic E-state index is 0. The molecule has 0 rings (SSSR count). The zero-order valence-corrected chi connectivity index (χ0v) is 7.48. The van der Waals surface area contributed by atoms with Gasteiger partial charge in [-0.2, -0.15) is 14.0 Å². The molecular weight excluding hydrogens is 184 g/mol. The molecular formula is HClNNaO7. The second-order valence-corrected chi connectivity index (χ2v) is 1.41. The Morgan fingerprint density at radius 2 is 1.20 bits per heavy atom. The normalized spacial score (nSPS) is 8.40. The van der Waals surface area contributed by atoms with Crippen LogP contribution < -0.4 is 43.5 Å². The molecule has 0 saturated heterocycles. The van der Waals surface area contributed by atoms with Crippen LogP contribution in [-0.4, -0.2) is 9.75 Å². The van der Waals surface area contributed by atoms with Crippen LogP contribution >= 0.6 is 0 Å². The minimum atomic E-state index is -4.69. The van der Waals surface area contributed by atoms with E-state index < -0.39 is 15.3 Å². The molecule has 0 aliphatic heterocycles. The standard InChI is InChI=1S/ClHO4.NO3.Na/c2-1(3,4)5;2-1(3)4;/h(H,2,3,4,5);;/q;-1;+1. The molecule has 0 saturated carbocycles. The smallest absolute Gasteiger partial charge is 0.356 e. The van der Waals surface area contributed by atoms with Crippen LogP contribution in [0.25, 0.3) is 0 Å². The van der Waals surface area contributed by atoms with Crippen molar-refractivity contribution in [2.75, 3.05) is 0 Å². The van der Waals surface area contributed by atoms with Gasteiger partial charge in [-0.15, -0.1) is 0 Å². The van der Waals surface area contributed by atoms with Gasteiger partial charge < -0.3 is 15.3 Å². The molecule has 0 spiro atoms. The molecule has 8 nitrogen and oxygen atoms in total. The summed E-state index contributed by atoms with van der Waals surface area (Å²) < 4.78 is 32.7. The fourth-order valence-electron chi connectivity index (χ4n) is 0. The van der Waals surface area contributed by atoms with Crippen molar-refractivity contribution in [2.24, 2.45) is 0 Å². The Bertz CT molecular complexity index is 76.1. The molecule has 10 heteroatoms. The zero-order chi connectivity index (χ0) is 8.08. The van der Waals surface area contributed by atoms with Crippen LogP contribution in [0.4, 0.5) is 0 Å². The van der Waals surface area contributed by atoms with E-state index in [9.17, 15) is 0 Å². The quantitative estimate of drug-likeness (QED) is 0.223. The largest absolute Gasteiger partial charge is 1.00 e. The first-order valence-corrected chi connectivity index (χ1v) is 2.44. The summed E-state index contributed by atoms with van der Waals surface area (Å²) in [5, 5.41) is 14.8. The number of halogens is 1. The molecule has 0 aromatic carbocycles. The number of hydrogen-bond donors (Lipinski definition) is 1. The molecule has 0 aromatic heterocycles. The van der Waals surface area contributed by atoms with Crippen molar-refractivity contribution in [2.45, 2.75) is 0 Å². The third-order valence-corrected chi connectivity index (χ3v) is 0. The predicted octanol–water partition coefficient (Wildman–Crippen LogP) is -7.36. The van der Waals surface area contributed by atoms with E-state index in [2.05, 4.69) is 0 Å². The number of hydrogen-bond acceptors (Lipinski definition) is 7. The van der Waals surface area contributed by atoms with Crippen LogP contribution in [0.1, 0.15) is 0 Å². The van der Waals surface area contributed by atoms with Gasteiger partial charge in [-0.25, -0.2) is 0 Å². The van der Waals surface area contributed by atoms with Crippen LogP contribution in [0.15, 0.2) is 0 Å². The van der Waals surface area contributed by atoms with Gasteiger partial charge in [-0.3, -0.25) is 0 Å². The Balaban J connectivity index is -0.0000000910. The van der Waals surface area contributed by atoms with E-state index in [1.54, 1.807) is 0 Å². The third-order valence-electron chi connectivity index (χ3n) is 0. The van der Waals surface area contributed by atoms with E-state index >= 15 is 0 Å². The molecule has 0 aromatic rings. The summed E-state index contributed by atoms with van der Waals surface area (Å²) in [6.07, 6.45) is 0. The molecule has 0 unspecified atom stereocenters. The molecule has 10 heavy (non-hydrogen) atoms. The summed E-state index contributed by atoms with van der Waals surface area (Å²) in [6.45, 7) is 0. The van der Waals surface area contributed by atoms with Crippen LogP contribution in [-0.2, 0) is 0 Å². The van der Waals surface area contributed by atoms with Crippen molar-refractivity contribution in [1.29, 1.82) is 0 Å². The summed E-state index contributed by atoms with van der Waals surface area (Å²) in [5.41, 5.74) is 0. The van der Waals surface area contributed by atoms with E-state index in [1.165, 1.54) is 0 Å². The van der Waals surface area contributed by atoms with Crippen LogP contribution in [0.5, 0.6) is 0 Å². The summed E-state index contributed by atoms with van der Waals surface area (Å²) >= 11 is 0. The van der Waals surface area contributed by atoms with Crippen LogP contribution in [0.3, 0.4) is 0 Å². The Labute approximate surface area is 78.8 Å². The average Bonchev–Trinajstić information content (AvgIpc) is 1.19. The molecule has 0 radical (unpaired) electrons. The van der Waals surface area contributed by atoms with Gasteiger partial charge in [-0.05, 0) is 0 Å². The second-order valence-electron chi connectivity index (χ2n) is 0.620. The van der Waals surface area contributed by atoms with Gasteiger partial charge in [0, 0.05) is 0 Å². The first-order valence-electron chi connectivity index (χ1n) is 1.18. The molecule has 0 atom stereocenters. The van der Waals surface area contributed by atoms with E-state index in [1.807, 2.05) is 0 Å². The Hall–Kier alpha value is 0.330. The molecule has 0 heterocycles. The number of rotatable bonds is 0. The molecule has 0 bridgehead atoms. The molecule has 0 amide bonds. The van der Waals surface area contributed by atoms with Crippen molar-refractivity contribution >= 4 is 0 Å². The Morgan fingerprint density at radius 3 is 1.20 bits per heavy atom. The van der Waals surface area contributed by atoms with Gasteiger partial charge >= 0.3 is 29.6 Å². The summed E-state index contributed by atoms with van der Waals surface area (Å²) in [5.74, 6) is 0. The Morgan fingerprint density at radius 1 is 1.20 bits per heavy atom. The van der Waals surface area contributed by atoms with Crippen LogP contribution in [0, 0.1) is 25.6 Å². The fourth-order valence-corrected chi connectivity index (χ4v) is 0. The van der Waals surface area contributed by atoms with E-state index in [-0.39, 0.29) is 29.6 Å². The van der Waals surface area contributed by atoms with Crippen molar-refractivity contribution in [1.82, 2.24) is 0 Å². The van der Waals surface area contributed by atoms with Crippen LogP contribution in [0.2, 0.25) is 0 Å². The topological polar surface area (TPSA) is 156 Å². The van der Waals surface area contributed by atoms with Gasteiger partial charge in [0.2, 0.25) is 0 Å². The summed E-state index contributed by atoms with van der Waals surface area (Å²) in [7, 11) is -4.69. The summed E-state index contributed by atoms with van der Waals surface area (Å²) in [6, 6.07) is 0. The van der Waals surface area contributed by atoms with Gasteiger partial charge in [0.25, 0.3) is 0 Å². The minimum Gasteiger partial charge on any atom is -0.356 e.